The summed E-state index contributed by atoms with van der Waals surface area (Å²) in [6, 6.07) is 6.98. The summed E-state index contributed by atoms with van der Waals surface area (Å²) in [5.74, 6) is 1.03. The standard InChI is InChI=1S/C27H38N6O5/c1-7-37-13-20-23(34)21(27(38-20)33-15-30-22-24(32(4)5)28-14-29-25(22)33)31-26(35)19(16(2)3)12-17-8-10-18(36-6)11-9-17/h8-11,14-16,19-21,23,27,34H,7,12-13H2,1-6H3,(H,31,35). The fourth-order valence-corrected chi connectivity index (χ4v) is 4.78. The van der Waals surface area contributed by atoms with Crippen LogP contribution < -0.4 is 15.0 Å². The van der Waals surface area contributed by atoms with Gasteiger partial charge in [0.2, 0.25) is 5.91 Å². The smallest absolute Gasteiger partial charge is 0.224 e. The van der Waals surface area contributed by atoms with Gasteiger partial charge >= 0.3 is 0 Å². The lowest BCUT2D eigenvalue weighted by atomic mass is 9.88. The molecular weight excluding hydrogens is 488 g/mol. The van der Waals surface area contributed by atoms with Gasteiger partial charge in [0.1, 0.15) is 30.3 Å². The highest BCUT2D eigenvalue weighted by Gasteiger charge is 2.47. The Labute approximate surface area is 223 Å². The molecule has 0 aliphatic carbocycles. The third kappa shape index (κ3) is 5.74. The van der Waals surface area contributed by atoms with Gasteiger partial charge in [-0.1, -0.05) is 26.0 Å². The molecule has 3 heterocycles. The van der Waals surface area contributed by atoms with Gasteiger partial charge < -0.3 is 29.5 Å². The summed E-state index contributed by atoms with van der Waals surface area (Å²) in [5, 5.41) is 14.4. The van der Waals surface area contributed by atoms with Gasteiger partial charge in [0, 0.05) is 26.6 Å². The maximum Gasteiger partial charge on any atom is 0.224 e. The molecule has 1 aliphatic heterocycles. The summed E-state index contributed by atoms with van der Waals surface area (Å²) in [6.07, 6.45) is 1.29. The van der Waals surface area contributed by atoms with Crippen molar-refractivity contribution >= 4 is 22.9 Å². The molecule has 2 aromatic heterocycles. The van der Waals surface area contributed by atoms with Crippen LogP contribution in [0.4, 0.5) is 5.82 Å². The van der Waals surface area contributed by atoms with Gasteiger partial charge in [0.15, 0.2) is 23.2 Å². The number of benzene rings is 1. The number of aliphatic hydroxyl groups is 1. The minimum Gasteiger partial charge on any atom is -0.497 e. The van der Waals surface area contributed by atoms with E-state index in [1.54, 1.807) is 18.0 Å². The highest BCUT2D eigenvalue weighted by molar-refractivity contribution is 5.83. The van der Waals surface area contributed by atoms with Crippen molar-refractivity contribution in [2.24, 2.45) is 11.8 Å². The molecule has 1 amide bonds. The molecule has 38 heavy (non-hydrogen) atoms. The average molecular weight is 527 g/mol. The number of imidazole rings is 1. The first kappa shape index (κ1) is 27.7. The van der Waals surface area contributed by atoms with Crippen LogP contribution in [0.15, 0.2) is 36.9 Å². The van der Waals surface area contributed by atoms with Gasteiger partial charge in [-0.3, -0.25) is 9.36 Å². The molecular formula is C27H38N6O5. The number of amides is 1. The van der Waals surface area contributed by atoms with Crippen LogP contribution in [0.3, 0.4) is 0 Å². The number of aromatic nitrogens is 4. The van der Waals surface area contributed by atoms with E-state index < -0.39 is 24.5 Å². The van der Waals surface area contributed by atoms with Crippen molar-refractivity contribution in [3.63, 3.8) is 0 Å². The largest absolute Gasteiger partial charge is 0.497 e. The van der Waals surface area contributed by atoms with E-state index in [0.717, 1.165) is 11.3 Å². The van der Waals surface area contributed by atoms with Crippen LogP contribution in [0, 0.1) is 11.8 Å². The summed E-state index contributed by atoms with van der Waals surface area (Å²) in [7, 11) is 5.39. The van der Waals surface area contributed by atoms with Crippen molar-refractivity contribution in [1.82, 2.24) is 24.8 Å². The van der Waals surface area contributed by atoms with Gasteiger partial charge in [0.25, 0.3) is 0 Å². The first-order chi connectivity index (χ1) is 18.2. The molecule has 11 heteroatoms. The quantitative estimate of drug-likeness (QED) is 0.387. The van der Waals surface area contributed by atoms with E-state index in [9.17, 15) is 9.90 Å². The molecule has 0 bridgehead atoms. The number of anilines is 1. The van der Waals surface area contributed by atoms with Gasteiger partial charge in [-0.15, -0.1) is 0 Å². The number of carbonyl (C=O) groups is 1. The monoisotopic (exact) mass is 526 g/mol. The van der Waals surface area contributed by atoms with Crippen molar-refractivity contribution in [3.8, 4) is 5.75 Å². The maximum absolute atomic E-state index is 13.7. The van der Waals surface area contributed by atoms with Crippen LogP contribution in [-0.2, 0) is 20.7 Å². The van der Waals surface area contributed by atoms with Crippen molar-refractivity contribution in [1.29, 1.82) is 0 Å². The number of rotatable bonds is 11. The van der Waals surface area contributed by atoms with Crippen LogP contribution in [0.2, 0.25) is 0 Å². The fourth-order valence-electron chi connectivity index (χ4n) is 4.78. The van der Waals surface area contributed by atoms with Crippen molar-refractivity contribution < 1.29 is 24.1 Å². The first-order valence-corrected chi connectivity index (χ1v) is 12.9. The maximum atomic E-state index is 13.7. The molecule has 5 unspecified atom stereocenters. The Bertz CT molecular complexity index is 1210. The molecule has 0 spiro atoms. The first-order valence-electron chi connectivity index (χ1n) is 12.9. The number of fused-ring (bicyclic) bond motifs is 1. The molecule has 1 saturated heterocycles. The lowest BCUT2D eigenvalue weighted by Gasteiger charge is -2.27. The predicted octanol–water partition coefficient (Wildman–Crippen LogP) is 2.20. The molecule has 1 aliphatic rings. The Morgan fingerprint density at radius 1 is 1.21 bits per heavy atom. The predicted molar refractivity (Wildman–Crippen MR) is 143 cm³/mol. The van der Waals surface area contributed by atoms with E-state index >= 15 is 0 Å². The minimum absolute atomic E-state index is 0.0682. The molecule has 206 valence electrons. The van der Waals surface area contributed by atoms with E-state index in [2.05, 4.69) is 20.3 Å². The number of carbonyl (C=O) groups excluding carboxylic acids is 1. The molecule has 0 saturated carbocycles. The Morgan fingerprint density at radius 3 is 2.58 bits per heavy atom. The zero-order valence-corrected chi connectivity index (χ0v) is 22.9. The summed E-state index contributed by atoms with van der Waals surface area (Å²) in [4.78, 5) is 28.8. The highest BCUT2D eigenvalue weighted by atomic mass is 16.6. The zero-order chi connectivity index (χ0) is 27.4. The Balaban J connectivity index is 1.62. The number of methoxy groups -OCH3 is 1. The number of aliphatic hydroxyl groups excluding tert-OH is 1. The van der Waals surface area contributed by atoms with E-state index in [-0.39, 0.29) is 24.3 Å². The number of hydrogen-bond acceptors (Lipinski definition) is 9. The number of nitrogens with zero attached hydrogens (tertiary/aromatic N) is 5. The van der Waals surface area contributed by atoms with Crippen LogP contribution in [0.5, 0.6) is 5.75 Å². The molecule has 2 N–H and O–H groups in total. The molecule has 5 atom stereocenters. The lowest BCUT2D eigenvalue weighted by molar-refractivity contribution is -0.128. The Morgan fingerprint density at radius 2 is 1.95 bits per heavy atom. The minimum atomic E-state index is -0.989. The van der Waals surface area contributed by atoms with E-state index in [1.165, 1.54) is 6.33 Å². The summed E-state index contributed by atoms with van der Waals surface area (Å²) in [5.41, 5.74) is 2.19. The van der Waals surface area contributed by atoms with Crippen molar-refractivity contribution in [2.45, 2.75) is 51.7 Å². The van der Waals surface area contributed by atoms with Crippen molar-refractivity contribution in [2.75, 3.05) is 39.3 Å². The molecule has 11 nitrogen and oxygen atoms in total. The van der Waals surface area contributed by atoms with Crippen LogP contribution in [-0.4, -0.2) is 83.2 Å². The normalized spacial score (nSPS) is 22.1. The summed E-state index contributed by atoms with van der Waals surface area (Å²) >= 11 is 0. The van der Waals surface area contributed by atoms with E-state index in [1.807, 2.05) is 64.0 Å². The van der Waals surface area contributed by atoms with Crippen molar-refractivity contribution in [3.05, 3.63) is 42.5 Å². The average Bonchev–Trinajstić information content (AvgIpc) is 3.46. The third-order valence-corrected chi connectivity index (χ3v) is 6.96. The molecule has 1 aromatic carbocycles. The van der Waals surface area contributed by atoms with Gasteiger partial charge in [-0.2, -0.15) is 0 Å². The molecule has 1 fully saturated rings. The van der Waals surface area contributed by atoms with Crippen LogP contribution in [0.25, 0.3) is 11.2 Å². The lowest BCUT2D eigenvalue weighted by Crippen LogP contribution is -2.49. The Hall–Kier alpha value is -3.28. The second-order valence-electron chi connectivity index (χ2n) is 10.1. The van der Waals surface area contributed by atoms with Crippen LogP contribution >= 0.6 is 0 Å². The number of nitrogens with one attached hydrogen (secondary N) is 1. The van der Waals surface area contributed by atoms with E-state index in [4.69, 9.17) is 14.2 Å². The molecule has 3 aromatic rings. The second-order valence-corrected chi connectivity index (χ2v) is 10.1. The Kier molecular flexibility index (Phi) is 8.80. The third-order valence-electron chi connectivity index (χ3n) is 6.96. The van der Waals surface area contributed by atoms with E-state index in [0.29, 0.717) is 30.0 Å². The number of hydrogen-bond donors (Lipinski definition) is 2. The highest BCUT2D eigenvalue weighted by Crippen LogP contribution is 2.33. The summed E-state index contributed by atoms with van der Waals surface area (Å²) < 4.78 is 18.8. The topological polar surface area (TPSA) is 124 Å². The van der Waals surface area contributed by atoms with Gasteiger partial charge in [-0.25, -0.2) is 15.0 Å². The van der Waals surface area contributed by atoms with Gasteiger partial charge in [0.05, 0.1) is 20.0 Å². The SMILES string of the molecule is CCOCC1OC(n2cnc3c(N(C)C)ncnc32)C(NC(=O)C(Cc2ccc(OC)cc2)C(C)C)C1O. The summed E-state index contributed by atoms with van der Waals surface area (Å²) in [6.45, 7) is 6.61. The zero-order valence-electron chi connectivity index (χ0n) is 22.9. The molecule has 4 rings (SSSR count). The number of ether oxygens (including phenoxy) is 3. The molecule has 0 radical (unpaired) electrons. The second kappa shape index (κ2) is 12.1. The fraction of sp³-hybridized carbons (Fsp3) is 0.556. The van der Waals surface area contributed by atoms with Crippen LogP contribution in [0.1, 0.15) is 32.6 Å². The van der Waals surface area contributed by atoms with Gasteiger partial charge in [-0.05, 0) is 37.0 Å².